The molecule has 11 heavy (non-hydrogen) atoms. The first-order valence-electron chi connectivity index (χ1n) is 3.04. The van der Waals surface area contributed by atoms with Gasteiger partial charge in [0, 0.05) is 12.4 Å². The third kappa shape index (κ3) is 17.7. The molecule has 0 aromatic carbocycles. The molecule has 0 N–H and O–H groups in total. The smallest absolute Gasteiger partial charge is 0.115 e. The van der Waals surface area contributed by atoms with Crippen LogP contribution in [-0.4, -0.2) is 59.9 Å². The van der Waals surface area contributed by atoms with Gasteiger partial charge in [-0.05, 0) is 27.2 Å². The van der Waals surface area contributed by atoms with E-state index in [1.807, 2.05) is 26.0 Å². The molecule has 0 amide bonds. The second-order valence-electron chi connectivity index (χ2n) is 2.25. The van der Waals surface area contributed by atoms with Crippen LogP contribution in [-0.2, 0) is 0 Å². The van der Waals surface area contributed by atoms with Crippen LogP contribution >= 0.6 is 0 Å². The van der Waals surface area contributed by atoms with E-state index in [0.717, 1.165) is 0 Å². The van der Waals surface area contributed by atoms with Crippen LogP contribution in [0.4, 0.5) is 0 Å². The second-order valence-corrected chi connectivity index (χ2v) is 2.25. The summed E-state index contributed by atoms with van der Waals surface area (Å²) < 4.78 is 0. The fourth-order valence-electron chi connectivity index (χ4n) is 0.253. The molecule has 0 fully saturated rings. The summed E-state index contributed by atoms with van der Waals surface area (Å²) in [7, 11) is 6.00. The summed E-state index contributed by atoms with van der Waals surface area (Å²) in [6, 6.07) is 1.78. The SMILES string of the molecule is CN(C)C.[SnH2].c1cncnc1. The minimum absolute atomic E-state index is 0. The molecule has 0 spiro atoms. The molecule has 0 unspecified atom stereocenters. The van der Waals surface area contributed by atoms with Crippen molar-refractivity contribution in [3.05, 3.63) is 24.8 Å². The van der Waals surface area contributed by atoms with Crippen molar-refractivity contribution >= 4 is 23.9 Å². The van der Waals surface area contributed by atoms with Crippen molar-refractivity contribution < 1.29 is 0 Å². The summed E-state index contributed by atoms with van der Waals surface area (Å²) in [4.78, 5) is 9.35. The van der Waals surface area contributed by atoms with Gasteiger partial charge in [-0.3, -0.25) is 0 Å². The molecule has 4 heteroatoms. The quantitative estimate of drug-likeness (QED) is 0.602. The summed E-state index contributed by atoms with van der Waals surface area (Å²) >= 11 is 0. The van der Waals surface area contributed by atoms with Gasteiger partial charge in [0.2, 0.25) is 0 Å². The molecular weight excluding hydrogens is 245 g/mol. The number of hydrogen-bond acceptors (Lipinski definition) is 3. The predicted octanol–water partition coefficient (Wildman–Crippen LogP) is -0.262. The van der Waals surface area contributed by atoms with Crippen LogP contribution in [0.3, 0.4) is 0 Å². The summed E-state index contributed by atoms with van der Waals surface area (Å²) in [5.41, 5.74) is 0. The Balaban J connectivity index is 0. The maximum atomic E-state index is 3.67. The Bertz CT molecular complexity index is 114. The van der Waals surface area contributed by atoms with Gasteiger partial charge in [-0.15, -0.1) is 0 Å². The fourth-order valence-corrected chi connectivity index (χ4v) is 0.253. The molecule has 0 aliphatic rings. The minimum Gasteiger partial charge on any atom is -0.245 e. The molecule has 1 heterocycles. The van der Waals surface area contributed by atoms with Crippen molar-refractivity contribution in [2.75, 3.05) is 21.1 Å². The standard InChI is InChI=1S/C4H4N2.C3H9N.Sn.2H/c1-2-5-4-6-3-1;1-4(2)3;;;/h1-4H;1-3H3;;;. The van der Waals surface area contributed by atoms with Crippen LogP contribution in [0.15, 0.2) is 24.8 Å². The van der Waals surface area contributed by atoms with Gasteiger partial charge in [0.25, 0.3) is 0 Å². The first-order valence-corrected chi connectivity index (χ1v) is 3.04. The Labute approximate surface area is 84.8 Å². The van der Waals surface area contributed by atoms with Crippen LogP contribution in [0.2, 0.25) is 0 Å². The average molecular weight is 260 g/mol. The zero-order valence-corrected chi connectivity index (χ0v) is 11.4. The molecule has 3 nitrogen and oxygen atoms in total. The molecule has 1 aromatic rings. The molecule has 0 aliphatic carbocycles. The van der Waals surface area contributed by atoms with E-state index in [1.54, 1.807) is 18.5 Å². The molecule has 0 bridgehead atoms. The van der Waals surface area contributed by atoms with Gasteiger partial charge >= 0.3 is 23.9 Å². The van der Waals surface area contributed by atoms with E-state index in [9.17, 15) is 0 Å². The van der Waals surface area contributed by atoms with E-state index in [-0.39, 0.29) is 23.9 Å². The molecule has 0 saturated heterocycles. The third-order valence-corrected chi connectivity index (χ3v) is 0.478. The Kier molecular flexibility index (Phi) is 12.0. The summed E-state index contributed by atoms with van der Waals surface area (Å²) in [6.07, 6.45) is 4.88. The molecule has 1 aromatic heterocycles. The Morgan fingerprint density at radius 3 is 1.45 bits per heavy atom. The van der Waals surface area contributed by atoms with Crippen LogP contribution < -0.4 is 0 Å². The van der Waals surface area contributed by atoms with Crippen LogP contribution in [0, 0.1) is 0 Å². The molecule has 1 rings (SSSR count). The van der Waals surface area contributed by atoms with Crippen molar-refractivity contribution in [1.29, 1.82) is 0 Å². The molecule has 2 radical (unpaired) electrons. The molecule has 62 valence electrons. The summed E-state index contributed by atoms with van der Waals surface area (Å²) in [5.74, 6) is 0. The Morgan fingerprint density at radius 2 is 1.36 bits per heavy atom. The first-order chi connectivity index (χ1) is 4.73. The van der Waals surface area contributed by atoms with Crippen molar-refractivity contribution in [2.24, 2.45) is 0 Å². The molecule has 0 aliphatic heterocycles. The zero-order chi connectivity index (χ0) is 7.82. The van der Waals surface area contributed by atoms with Crippen molar-refractivity contribution in [3.8, 4) is 0 Å². The van der Waals surface area contributed by atoms with Gasteiger partial charge in [-0.2, -0.15) is 0 Å². The molecule has 0 saturated carbocycles. The summed E-state index contributed by atoms with van der Waals surface area (Å²) in [6.45, 7) is 0. The number of rotatable bonds is 0. The van der Waals surface area contributed by atoms with Gasteiger partial charge in [-0.25, -0.2) is 9.97 Å². The maximum Gasteiger partial charge on any atom is 0.115 e. The van der Waals surface area contributed by atoms with Gasteiger partial charge in [0.1, 0.15) is 6.33 Å². The van der Waals surface area contributed by atoms with E-state index in [1.165, 1.54) is 6.33 Å². The van der Waals surface area contributed by atoms with E-state index >= 15 is 0 Å². The zero-order valence-electron chi connectivity index (χ0n) is 7.36. The molecular formula is C7H15N3Sn. The maximum absolute atomic E-state index is 3.67. The van der Waals surface area contributed by atoms with E-state index in [4.69, 9.17) is 0 Å². The van der Waals surface area contributed by atoms with E-state index in [2.05, 4.69) is 9.97 Å². The van der Waals surface area contributed by atoms with Gasteiger partial charge in [-0.1, -0.05) is 0 Å². The van der Waals surface area contributed by atoms with Crippen molar-refractivity contribution in [3.63, 3.8) is 0 Å². The van der Waals surface area contributed by atoms with E-state index in [0.29, 0.717) is 0 Å². The van der Waals surface area contributed by atoms with Crippen LogP contribution in [0.25, 0.3) is 0 Å². The van der Waals surface area contributed by atoms with Crippen LogP contribution in [0.5, 0.6) is 0 Å². The monoisotopic (exact) mass is 261 g/mol. The van der Waals surface area contributed by atoms with Crippen LogP contribution in [0.1, 0.15) is 0 Å². The average Bonchev–Trinajstić information content (AvgIpc) is 1.90. The number of aromatic nitrogens is 2. The minimum atomic E-state index is 0. The van der Waals surface area contributed by atoms with Gasteiger partial charge < -0.3 is 4.90 Å². The Hall–Kier alpha value is -0.161. The predicted molar refractivity (Wildman–Crippen MR) is 50.2 cm³/mol. The topological polar surface area (TPSA) is 29.0 Å². The van der Waals surface area contributed by atoms with Crippen molar-refractivity contribution in [1.82, 2.24) is 14.9 Å². The fraction of sp³-hybridized carbons (Fsp3) is 0.429. The number of hydrogen-bond donors (Lipinski definition) is 0. The summed E-state index contributed by atoms with van der Waals surface area (Å²) in [5, 5.41) is 0. The van der Waals surface area contributed by atoms with Crippen molar-refractivity contribution in [2.45, 2.75) is 0 Å². The third-order valence-electron chi connectivity index (χ3n) is 0.478. The second kappa shape index (κ2) is 9.84. The first kappa shape index (κ1) is 13.4. The largest absolute Gasteiger partial charge is 0.245 e. The normalized spacial score (nSPS) is 7.64. The van der Waals surface area contributed by atoms with E-state index < -0.39 is 0 Å². The number of nitrogens with zero attached hydrogens (tertiary/aromatic N) is 3. The molecule has 0 atom stereocenters. The van der Waals surface area contributed by atoms with Gasteiger partial charge in [0.05, 0.1) is 0 Å². The van der Waals surface area contributed by atoms with Gasteiger partial charge in [0.15, 0.2) is 0 Å². The Morgan fingerprint density at radius 1 is 1.00 bits per heavy atom.